The molecule has 4 N–H and O–H groups in total. The monoisotopic (exact) mass is 230 g/mol. The van der Waals surface area contributed by atoms with Gasteiger partial charge in [-0.1, -0.05) is 0 Å². The number of aliphatic hydroxyl groups excluding tert-OH is 3. The molecule has 0 aliphatic carbocycles. The lowest BCUT2D eigenvalue weighted by Crippen LogP contribution is -2.52. The van der Waals surface area contributed by atoms with Crippen LogP contribution in [0.2, 0.25) is 0 Å². The third kappa shape index (κ3) is 2.03. The average Bonchev–Trinajstić information content (AvgIpc) is 2.59. The third-order valence-corrected chi connectivity index (χ3v) is 2.67. The van der Waals surface area contributed by atoms with Crippen LogP contribution in [0, 0.1) is 0 Å². The number of aliphatic hydroxyl groups is 3. The van der Waals surface area contributed by atoms with Gasteiger partial charge in [-0.15, -0.1) is 0 Å². The van der Waals surface area contributed by atoms with Crippen molar-refractivity contribution in [3.05, 3.63) is 12.3 Å². The molecule has 0 aromatic carbocycles. The summed E-state index contributed by atoms with van der Waals surface area (Å²) in [5.74, 6) is -0.388. The second kappa shape index (κ2) is 4.38. The highest BCUT2D eigenvalue weighted by Crippen LogP contribution is 2.24. The summed E-state index contributed by atoms with van der Waals surface area (Å²) < 4.78 is 5.33. The fourth-order valence-corrected chi connectivity index (χ4v) is 1.80. The predicted molar refractivity (Wildman–Crippen MR) is 51.5 cm³/mol. The highest BCUT2D eigenvalue weighted by Gasteiger charge is 2.38. The van der Waals surface area contributed by atoms with Crippen molar-refractivity contribution >= 4 is 5.91 Å². The van der Waals surface area contributed by atoms with Gasteiger partial charge in [0, 0.05) is 18.7 Å². The Morgan fingerprint density at radius 2 is 2.31 bits per heavy atom. The summed E-state index contributed by atoms with van der Waals surface area (Å²) in [4.78, 5) is 12.3. The van der Waals surface area contributed by atoms with Crippen LogP contribution in [0.3, 0.4) is 0 Å². The molecule has 0 saturated carbocycles. The van der Waals surface area contributed by atoms with Crippen molar-refractivity contribution in [3.8, 4) is 0 Å². The molecular weight excluding hydrogens is 216 g/mol. The molecular formula is C9H14N2O5. The van der Waals surface area contributed by atoms with Crippen LogP contribution in [0.1, 0.15) is 6.42 Å². The number of nitrogens with zero attached hydrogens (tertiary/aromatic N) is 1. The van der Waals surface area contributed by atoms with Crippen LogP contribution in [-0.4, -0.2) is 57.5 Å². The van der Waals surface area contributed by atoms with E-state index < -0.39 is 24.8 Å². The topological polar surface area (TPSA) is 102 Å². The van der Waals surface area contributed by atoms with E-state index in [4.69, 9.17) is 9.84 Å². The van der Waals surface area contributed by atoms with Gasteiger partial charge in [0.15, 0.2) is 0 Å². The lowest BCUT2D eigenvalue weighted by molar-refractivity contribution is -0.142. The van der Waals surface area contributed by atoms with Crippen molar-refractivity contribution in [1.82, 2.24) is 10.2 Å². The molecule has 7 nitrogen and oxygen atoms in total. The molecule has 7 heteroatoms. The number of ether oxygens (including phenoxy) is 1. The molecule has 2 aliphatic heterocycles. The molecule has 4 atom stereocenters. The highest BCUT2D eigenvalue weighted by atomic mass is 16.5. The minimum Gasteiger partial charge on any atom is -0.394 e. The summed E-state index contributed by atoms with van der Waals surface area (Å²) in [7, 11) is 0. The normalized spacial score (nSPS) is 38.9. The van der Waals surface area contributed by atoms with E-state index in [1.807, 2.05) is 0 Å². The lowest BCUT2D eigenvalue weighted by Gasteiger charge is -2.33. The molecule has 0 spiro atoms. The summed E-state index contributed by atoms with van der Waals surface area (Å²) in [6.07, 6.45) is -0.222. The molecule has 1 fully saturated rings. The number of hydrogen-bond donors (Lipinski definition) is 4. The van der Waals surface area contributed by atoms with E-state index in [9.17, 15) is 15.0 Å². The molecule has 0 aromatic rings. The first-order valence-electron chi connectivity index (χ1n) is 5.00. The molecule has 2 aliphatic rings. The fraction of sp³-hybridized carbons (Fsp3) is 0.667. The minimum absolute atomic E-state index is 0.266. The summed E-state index contributed by atoms with van der Waals surface area (Å²) in [6, 6.07) is 0. The van der Waals surface area contributed by atoms with Crippen molar-refractivity contribution in [3.63, 3.8) is 0 Å². The average molecular weight is 230 g/mol. The Morgan fingerprint density at radius 1 is 1.56 bits per heavy atom. The van der Waals surface area contributed by atoms with Gasteiger partial charge in [-0.2, -0.15) is 0 Å². The largest absolute Gasteiger partial charge is 0.394 e. The van der Waals surface area contributed by atoms with Crippen molar-refractivity contribution in [2.45, 2.75) is 31.2 Å². The maximum absolute atomic E-state index is 10.9. The van der Waals surface area contributed by atoms with Crippen LogP contribution in [0.25, 0.3) is 0 Å². The van der Waals surface area contributed by atoms with E-state index in [1.165, 1.54) is 17.2 Å². The molecule has 1 amide bonds. The van der Waals surface area contributed by atoms with Gasteiger partial charge < -0.3 is 30.3 Å². The van der Waals surface area contributed by atoms with E-state index in [-0.39, 0.29) is 18.9 Å². The SMILES string of the molecule is O=C1C=CN([C@H]2CC(O)[C@@H](CO)O2)C(O)N1. The van der Waals surface area contributed by atoms with Gasteiger partial charge >= 0.3 is 0 Å². The second-order valence-corrected chi connectivity index (χ2v) is 3.76. The smallest absolute Gasteiger partial charge is 0.248 e. The Hall–Kier alpha value is -1.15. The van der Waals surface area contributed by atoms with Crippen LogP contribution in [0.5, 0.6) is 0 Å². The zero-order valence-corrected chi connectivity index (χ0v) is 8.48. The molecule has 0 bridgehead atoms. The first kappa shape index (κ1) is 11.3. The lowest BCUT2D eigenvalue weighted by atomic mass is 10.2. The van der Waals surface area contributed by atoms with Gasteiger partial charge in [-0.05, 0) is 0 Å². The van der Waals surface area contributed by atoms with Gasteiger partial charge in [-0.3, -0.25) is 4.79 Å². The van der Waals surface area contributed by atoms with Gasteiger partial charge in [0.1, 0.15) is 12.3 Å². The third-order valence-electron chi connectivity index (χ3n) is 2.67. The van der Waals surface area contributed by atoms with Crippen molar-refractivity contribution < 1.29 is 24.9 Å². The van der Waals surface area contributed by atoms with Crippen LogP contribution in [0.15, 0.2) is 12.3 Å². The van der Waals surface area contributed by atoms with E-state index in [0.717, 1.165) is 0 Å². The minimum atomic E-state index is -1.17. The molecule has 16 heavy (non-hydrogen) atoms. The van der Waals surface area contributed by atoms with Gasteiger partial charge in [0.25, 0.3) is 0 Å². The zero-order valence-electron chi connectivity index (χ0n) is 8.48. The summed E-state index contributed by atoms with van der Waals surface area (Å²) in [6.45, 7) is -0.280. The Balaban J connectivity index is 2.04. The van der Waals surface area contributed by atoms with Crippen LogP contribution in [0.4, 0.5) is 0 Å². The van der Waals surface area contributed by atoms with Crippen molar-refractivity contribution in [1.29, 1.82) is 0 Å². The molecule has 2 unspecified atom stereocenters. The molecule has 2 rings (SSSR count). The number of amides is 1. The number of carbonyl (C=O) groups excluding carboxylic acids is 1. The van der Waals surface area contributed by atoms with Gasteiger partial charge in [0.05, 0.1) is 12.7 Å². The summed E-state index contributed by atoms with van der Waals surface area (Å²) >= 11 is 0. The summed E-state index contributed by atoms with van der Waals surface area (Å²) in [5, 5.41) is 30.3. The van der Waals surface area contributed by atoms with Crippen molar-refractivity contribution in [2.75, 3.05) is 6.61 Å². The molecule has 0 radical (unpaired) electrons. The Kier molecular flexibility index (Phi) is 3.10. The Bertz CT molecular complexity index is 308. The number of carbonyl (C=O) groups is 1. The zero-order chi connectivity index (χ0) is 11.7. The number of rotatable bonds is 2. The molecule has 0 aromatic heterocycles. The quantitative estimate of drug-likeness (QED) is 0.424. The first-order valence-corrected chi connectivity index (χ1v) is 5.00. The first-order chi connectivity index (χ1) is 7.61. The maximum atomic E-state index is 10.9. The molecule has 1 saturated heterocycles. The standard InChI is InChI=1S/C9H14N2O5/c12-4-6-5(13)3-8(16-6)11-2-1-7(14)10-9(11)15/h1-2,5-6,8-9,12-13,15H,3-4H2,(H,10,14)/t5?,6-,8-,9?/m1/s1. The Labute approximate surface area is 91.9 Å². The van der Waals surface area contributed by atoms with Crippen LogP contribution < -0.4 is 5.32 Å². The fourth-order valence-electron chi connectivity index (χ4n) is 1.80. The van der Waals surface area contributed by atoms with Crippen molar-refractivity contribution in [2.24, 2.45) is 0 Å². The molecule has 90 valence electrons. The Morgan fingerprint density at radius 3 is 2.88 bits per heavy atom. The van der Waals surface area contributed by atoms with E-state index in [0.29, 0.717) is 0 Å². The van der Waals surface area contributed by atoms with E-state index in [2.05, 4.69) is 5.32 Å². The van der Waals surface area contributed by atoms with Gasteiger partial charge in [0.2, 0.25) is 12.3 Å². The highest BCUT2D eigenvalue weighted by molar-refractivity contribution is 5.88. The molecule has 2 heterocycles. The summed E-state index contributed by atoms with van der Waals surface area (Å²) in [5.41, 5.74) is 0. The number of hydrogen-bond acceptors (Lipinski definition) is 6. The van der Waals surface area contributed by atoms with Crippen LogP contribution >= 0.6 is 0 Å². The van der Waals surface area contributed by atoms with E-state index in [1.54, 1.807) is 0 Å². The predicted octanol–water partition coefficient (Wildman–Crippen LogP) is -2.32. The van der Waals surface area contributed by atoms with E-state index >= 15 is 0 Å². The van der Waals surface area contributed by atoms with Gasteiger partial charge in [-0.25, -0.2) is 0 Å². The maximum Gasteiger partial charge on any atom is 0.248 e. The number of nitrogens with one attached hydrogen (secondary N) is 1. The van der Waals surface area contributed by atoms with Crippen LogP contribution in [-0.2, 0) is 9.53 Å². The second-order valence-electron chi connectivity index (χ2n) is 3.76.